The normalized spacial score (nSPS) is 22.6. The zero-order valence-electron chi connectivity index (χ0n) is 17.6. The van der Waals surface area contributed by atoms with Crippen molar-refractivity contribution in [2.24, 2.45) is 0 Å². The van der Waals surface area contributed by atoms with Crippen molar-refractivity contribution in [1.82, 2.24) is 19.5 Å². The van der Waals surface area contributed by atoms with Crippen LogP contribution in [0, 0.1) is 0 Å². The maximum Gasteiger partial charge on any atom is 0.207 e. The third-order valence-electron chi connectivity index (χ3n) is 5.79. The lowest BCUT2D eigenvalue weighted by Gasteiger charge is -2.19. The number of nitrogens with zero attached hydrogens (tertiary/aromatic N) is 4. The second kappa shape index (κ2) is 8.75. The van der Waals surface area contributed by atoms with Crippen LogP contribution in [0.5, 0.6) is 0 Å². The first-order valence-corrected chi connectivity index (χ1v) is 10.6. The van der Waals surface area contributed by atoms with E-state index in [9.17, 15) is 15.3 Å². The molecule has 1 aliphatic heterocycles. The van der Waals surface area contributed by atoms with E-state index in [0.717, 1.165) is 16.7 Å². The third kappa shape index (κ3) is 3.89. The highest BCUT2D eigenvalue weighted by Crippen LogP contribution is 2.35. The minimum atomic E-state index is -1.29. The number of aliphatic hydroxyl groups is 3. The molecule has 5 rings (SSSR count). The molecule has 3 heterocycles. The summed E-state index contributed by atoms with van der Waals surface area (Å²) in [5.74, 6) is 0.528. The summed E-state index contributed by atoms with van der Waals surface area (Å²) in [4.78, 5) is 12.7. The molecule has 0 bridgehead atoms. The van der Waals surface area contributed by atoms with Crippen molar-refractivity contribution in [3.63, 3.8) is 0 Å². The van der Waals surface area contributed by atoms with Crippen molar-refractivity contribution in [3.8, 4) is 11.1 Å². The number of nitrogen functional groups attached to an aromatic ring is 1. The summed E-state index contributed by atoms with van der Waals surface area (Å²) in [6, 6.07) is 18.2. The number of nitrogens with two attached hydrogens (primary N) is 1. The summed E-state index contributed by atoms with van der Waals surface area (Å²) in [7, 11) is 0. The van der Waals surface area contributed by atoms with Gasteiger partial charge in [0.2, 0.25) is 5.95 Å². The van der Waals surface area contributed by atoms with E-state index in [4.69, 9.17) is 10.5 Å². The van der Waals surface area contributed by atoms with Gasteiger partial charge in [-0.05, 0) is 16.7 Å². The predicted molar refractivity (Wildman–Crippen MR) is 122 cm³/mol. The van der Waals surface area contributed by atoms with Crippen molar-refractivity contribution in [3.05, 3.63) is 66.5 Å². The summed E-state index contributed by atoms with van der Waals surface area (Å²) < 4.78 is 7.25. The Morgan fingerprint density at radius 1 is 0.970 bits per heavy atom. The van der Waals surface area contributed by atoms with E-state index in [1.165, 1.54) is 10.9 Å². The molecule has 10 nitrogen and oxygen atoms in total. The lowest BCUT2D eigenvalue weighted by Crippen LogP contribution is -2.33. The number of ether oxygens (including phenoxy) is 1. The van der Waals surface area contributed by atoms with Crippen LogP contribution in [0.4, 0.5) is 11.8 Å². The van der Waals surface area contributed by atoms with Crippen LogP contribution in [0.3, 0.4) is 0 Å². The van der Waals surface area contributed by atoms with Gasteiger partial charge < -0.3 is 31.1 Å². The number of rotatable bonds is 6. The number of imidazole rings is 1. The number of anilines is 2. The highest BCUT2D eigenvalue weighted by Gasteiger charge is 2.45. The molecule has 33 heavy (non-hydrogen) atoms. The number of benzene rings is 2. The van der Waals surface area contributed by atoms with Crippen LogP contribution in [-0.2, 0) is 11.3 Å². The summed E-state index contributed by atoms with van der Waals surface area (Å²) in [6.07, 6.45) is -3.20. The van der Waals surface area contributed by atoms with Gasteiger partial charge in [0.25, 0.3) is 0 Å². The van der Waals surface area contributed by atoms with Gasteiger partial charge in [0, 0.05) is 6.54 Å². The number of fused-ring (bicyclic) bond motifs is 1. The first-order chi connectivity index (χ1) is 16.1. The van der Waals surface area contributed by atoms with E-state index < -0.39 is 31.1 Å². The molecule has 4 aromatic rings. The van der Waals surface area contributed by atoms with Crippen molar-refractivity contribution in [2.75, 3.05) is 17.7 Å². The van der Waals surface area contributed by atoms with E-state index >= 15 is 0 Å². The number of aromatic nitrogens is 4. The molecule has 1 saturated heterocycles. The standard InChI is InChI=1S/C23H24N6O4/c24-20-17-21(27-12-26-20)29(22-19(32)18(31)16(11-30)33-22)23(28-17)25-10-13-6-8-15(9-7-13)14-4-2-1-3-5-14/h1-9,12,16,18-19,22,30-32H,10-11H2,(H,25,28)(H2,24,26,27)/t16-,18-,19+,22-/m1/s1. The SMILES string of the molecule is Nc1ncnc2c1nc(NCc1ccc(-c3ccccc3)cc1)n2[C@@H]1O[C@H](CO)[C@@H](O)[C@@H]1O. The minimum Gasteiger partial charge on any atom is -0.394 e. The third-order valence-corrected chi connectivity index (χ3v) is 5.79. The van der Waals surface area contributed by atoms with Gasteiger partial charge in [-0.1, -0.05) is 54.6 Å². The van der Waals surface area contributed by atoms with Crippen LogP contribution < -0.4 is 11.1 Å². The van der Waals surface area contributed by atoms with Crippen LogP contribution >= 0.6 is 0 Å². The molecule has 0 amide bonds. The van der Waals surface area contributed by atoms with Gasteiger partial charge in [-0.3, -0.25) is 4.57 Å². The van der Waals surface area contributed by atoms with Crippen LogP contribution in [0.15, 0.2) is 60.9 Å². The Kier molecular flexibility index (Phi) is 5.65. The summed E-state index contributed by atoms with van der Waals surface area (Å²) in [5, 5.41) is 33.5. The summed E-state index contributed by atoms with van der Waals surface area (Å²) >= 11 is 0. The van der Waals surface area contributed by atoms with E-state index in [2.05, 4.69) is 32.4 Å². The Bertz CT molecular complexity index is 1250. The quantitative estimate of drug-likeness (QED) is 0.294. The minimum absolute atomic E-state index is 0.181. The van der Waals surface area contributed by atoms with Gasteiger partial charge in [-0.25, -0.2) is 15.0 Å². The zero-order chi connectivity index (χ0) is 22.9. The monoisotopic (exact) mass is 448 g/mol. The molecule has 1 aliphatic rings. The highest BCUT2D eigenvalue weighted by atomic mass is 16.6. The Hall–Kier alpha value is -3.57. The molecule has 0 spiro atoms. The fourth-order valence-corrected chi connectivity index (χ4v) is 4.01. The number of aliphatic hydroxyl groups excluding tert-OH is 3. The van der Waals surface area contributed by atoms with Crippen molar-refractivity contribution in [1.29, 1.82) is 0 Å². The summed E-state index contributed by atoms with van der Waals surface area (Å²) in [6.45, 7) is -0.00444. The topological polar surface area (TPSA) is 152 Å². The van der Waals surface area contributed by atoms with E-state index in [0.29, 0.717) is 23.7 Å². The van der Waals surface area contributed by atoms with E-state index in [1.54, 1.807) is 0 Å². The molecule has 2 aromatic heterocycles. The smallest absolute Gasteiger partial charge is 0.207 e. The van der Waals surface area contributed by atoms with Crippen LogP contribution in [0.2, 0.25) is 0 Å². The van der Waals surface area contributed by atoms with Gasteiger partial charge >= 0.3 is 0 Å². The van der Waals surface area contributed by atoms with Crippen molar-refractivity contribution < 1.29 is 20.1 Å². The van der Waals surface area contributed by atoms with Gasteiger partial charge in [0.05, 0.1) is 6.61 Å². The van der Waals surface area contributed by atoms with Gasteiger partial charge in [-0.2, -0.15) is 0 Å². The summed E-state index contributed by atoms with van der Waals surface area (Å²) in [5.41, 5.74) is 9.93. The average molecular weight is 448 g/mol. The number of hydrogen-bond donors (Lipinski definition) is 5. The molecule has 10 heteroatoms. The van der Waals surface area contributed by atoms with E-state index in [-0.39, 0.29) is 5.82 Å². The Balaban J connectivity index is 1.44. The maximum atomic E-state index is 10.6. The predicted octanol–water partition coefficient (Wildman–Crippen LogP) is 1.30. The maximum absolute atomic E-state index is 10.6. The Labute approximate surface area is 189 Å². The Morgan fingerprint density at radius 3 is 2.39 bits per heavy atom. The Morgan fingerprint density at radius 2 is 1.70 bits per heavy atom. The lowest BCUT2D eigenvalue weighted by atomic mass is 10.0. The van der Waals surface area contributed by atoms with Gasteiger partial charge in [0.1, 0.15) is 24.6 Å². The molecule has 0 unspecified atom stereocenters. The molecule has 0 saturated carbocycles. The molecule has 1 fully saturated rings. The molecule has 0 aliphatic carbocycles. The first kappa shape index (κ1) is 21.3. The first-order valence-electron chi connectivity index (χ1n) is 10.6. The zero-order valence-corrected chi connectivity index (χ0v) is 17.6. The molecule has 6 N–H and O–H groups in total. The molecular formula is C23H24N6O4. The van der Waals surface area contributed by atoms with Crippen molar-refractivity contribution in [2.45, 2.75) is 31.1 Å². The second-order valence-corrected chi connectivity index (χ2v) is 7.88. The fraction of sp³-hybridized carbons (Fsp3) is 0.261. The van der Waals surface area contributed by atoms with E-state index in [1.807, 2.05) is 42.5 Å². The average Bonchev–Trinajstić information content (AvgIpc) is 3.36. The molecule has 4 atom stereocenters. The molecule has 2 aromatic carbocycles. The number of nitrogens with one attached hydrogen (secondary N) is 1. The van der Waals surface area contributed by atoms with Gasteiger partial charge in [0.15, 0.2) is 23.2 Å². The number of hydrogen-bond acceptors (Lipinski definition) is 9. The van der Waals surface area contributed by atoms with Crippen LogP contribution in [0.25, 0.3) is 22.3 Å². The van der Waals surface area contributed by atoms with Crippen molar-refractivity contribution >= 4 is 22.9 Å². The highest BCUT2D eigenvalue weighted by molar-refractivity contribution is 5.84. The molecule has 170 valence electrons. The fourth-order valence-electron chi connectivity index (χ4n) is 4.01. The molecule has 0 radical (unpaired) electrons. The van der Waals surface area contributed by atoms with Crippen LogP contribution in [0.1, 0.15) is 11.8 Å². The van der Waals surface area contributed by atoms with Crippen LogP contribution in [-0.4, -0.2) is 59.8 Å². The van der Waals surface area contributed by atoms with Gasteiger partial charge in [-0.15, -0.1) is 0 Å². The molecular weight excluding hydrogens is 424 g/mol. The largest absolute Gasteiger partial charge is 0.394 e. The second-order valence-electron chi connectivity index (χ2n) is 7.88. The lowest BCUT2D eigenvalue weighted by molar-refractivity contribution is -0.0501.